The van der Waals surface area contributed by atoms with Crippen LogP contribution in [0.2, 0.25) is 0 Å². The number of hydrogen-bond acceptors (Lipinski definition) is 1. The molecular weight excluding hydrogens is 689 g/mol. The lowest BCUT2D eigenvalue weighted by Crippen LogP contribution is -2.15. The van der Waals surface area contributed by atoms with E-state index in [2.05, 4.69) is 97.6 Å². The van der Waals surface area contributed by atoms with Gasteiger partial charge in [-0.3, -0.25) is 0 Å². The summed E-state index contributed by atoms with van der Waals surface area (Å²) in [6.45, 7) is 4.33. The molecule has 0 saturated carbocycles. The summed E-state index contributed by atoms with van der Waals surface area (Å²) in [4.78, 5) is 2.20. The van der Waals surface area contributed by atoms with Crippen molar-refractivity contribution >= 4 is 49.6 Å². The van der Waals surface area contributed by atoms with E-state index < -0.39 is 12.1 Å². The SMILES string of the molecule is [2H]c1c([2H])c([2H])c2c(c1[2H])c1c([2H])c(-c3ccc(N(c4ccc(-c5ccccc5)cc4)c4cccc5ccccc45)cc3)c([2H])c([2H])c1n2-c1ccc2c(c1)C(C)(C)c1ccccc1-2. The Morgan fingerprint density at radius 1 is 0.474 bits per heavy atom. The number of anilines is 3. The summed E-state index contributed by atoms with van der Waals surface area (Å²) < 4.78 is 66.6. The van der Waals surface area contributed by atoms with Gasteiger partial charge in [-0.15, -0.1) is 0 Å². The monoisotopic (exact) mass is 735 g/mol. The Balaban J connectivity index is 1.10. The van der Waals surface area contributed by atoms with E-state index in [1.807, 2.05) is 84.9 Å². The summed E-state index contributed by atoms with van der Waals surface area (Å²) in [6, 6.07) is 53.4. The Bertz CT molecular complexity index is 3540. The van der Waals surface area contributed by atoms with E-state index in [-0.39, 0.29) is 63.0 Å². The van der Waals surface area contributed by atoms with Crippen molar-refractivity contribution in [2.75, 3.05) is 4.90 Å². The van der Waals surface area contributed by atoms with Crippen LogP contribution < -0.4 is 4.90 Å². The highest BCUT2D eigenvalue weighted by Gasteiger charge is 2.35. The standard InChI is InChI=1S/C55H40N2/c1-55(2)50-20-10-8-18-46(50)47-33-32-44(36-51(47)55)57-53-21-11-9-19-48(53)49-35-41(27-34-54(49)57)39-25-30-43(31-26-39)56(52-22-12-16-40-15-6-7-17-45(40)52)42-28-23-38(24-29-42)37-13-4-3-5-14-37/h3-36H,1-2H3/i9D,11D,19D,21D,27D,34D,35D. The predicted molar refractivity (Wildman–Crippen MR) is 241 cm³/mol. The smallest absolute Gasteiger partial charge is 0.0645 e. The summed E-state index contributed by atoms with van der Waals surface area (Å²) in [5.74, 6) is 0. The fraction of sp³-hybridized carbons (Fsp3) is 0.0545. The topological polar surface area (TPSA) is 8.17 Å². The number of nitrogens with zero attached hydrogens (tertiary/aromatic N) is 2. The Morgan fingerprint density at radius 2 is 1.11 bits per heavy atom. The van der Waals surface area contributed by atoms with Gasteiger partial charge in [0.25, 0.3) is 0 Å². The molecule has 0 saturated heterocycles. The molecule has 0 aliphatic heterocycles. The second kappa shape index (κ2) is 13.0. The maximum absolute atomic E-state index is 9.85. The molecule has 0 unspecified atom stereocenters. The minimum absolute atomic E-state index is 0.0752. The lowest BCUT2D eigenvalue weighted by atomic mass is 9.82. The molecular formula is C55H40N2. The van der Waals surface area contributed by atoms with E-state index in [1.54, 1.807) is 4.57 Å². The van der Waals surface area contributed by atoms with Gasteiger partial charge in [0.15, 0.2) is 0 Å². The molecule has 1 heterocycles. The van der Waals surface area contributed by atoms with Gasteiger partial charge in [-0.2, -0.15) is 0 Å². The van der Waals surface area contributed by atoms with Gasteiger partial charge < -0.3 is 9.47 Å². The number of para-hydroxylation sites is 1. The zero-order valence-corrected chi connectivity index (χ0v) is 31.5. The van der Waals surface area contributed by atoms with Crippen molar-refractivity contribution < 1.29 is 9.60 Å². The molecule has 2 nitrogen and oxygen atoms in total. The first-order valence-electron chi connectivity index (χ1n) is 22.8. The van der Waals surface area contributed by atoms with Crippen molar-refractivity contribution in [2.24, 2.45) is 0 Å². The van der Waals surface area contributed by atoms with Gasteiger partial charge in [0, 0.05) is 38.6 Å². The largest absolute Gasteiger partial charge is 0.310 e. The molecule has 0 spiro atoms. The van der Waals surface area contributed by atoms with Crippen molar-refractivity contribution in [1.29, 1.82) is 0 Å². The minimum atomic E-state index is -0.417. The fourth-order valence-electron chi connectivity index (χ4n) is 8.79. The molecule has 0 N–H and O–H groups in total. The molecule has 1 aromatic heterocycles. The van der Waals surface area contributed by atoms with E-state index in [0.29, 0.717) is 11.3 Å². The van der Waals surface area contributed by atoms with Crippen LogP contribution in [0.15, 0.2) is 206 Å². The van der Waals surface area contributed by atoms with Crippen LogP contribution in [0.25, 0.3) is 71.6 Å². The molecule has 0 radical (unpaired) electrons. The number of hydrogen-bond donors (Lipinski definition) is 0. The van der Waals surface area contributed by atoms with Crippen LogP contribution in [-0.2, 0) is 5.41 Å². The Labute approximate surface area is 343 Å². The molecule has 9 aromatic carbocycles. The highest BCUT2D eigenvalue weighted by molar-refractivity contribution is 6.10. The van der Waals surface area contributed by atoms with Crippen molar-refractivity contribution in [3.63, 3.8) is 0 Å². The maximum Gasteiger partial charge on any atom is 0.0645 e. The molecule has 270 valence electrons. The quantitative estimate of drug-likeness (QED) is 0.165. The molecule has 2 heteroatoms. The molecule has 0 fully saturated rings. The van der Waals surface area contributed by atoms with Crippen molar-refractivity contribution in [3.8, 4) is 39.1 Å². The molecule has 0 atom stereocenters. The Hall–Kier alpha value is -7.16. The van der Waals surface area contributed by atoms with Crippen LogP contribution in [0.5, 0.6) is 0 Å². The Kier molecular flexibility index (Phi) is 6.05. The third-order valence-electron chi connectivity index (χ3n) is 11.6. The van der Waals surface area contributed by atoms with Gasteiger partial charge in [0.05, 0.1) is 26.3 Å². The Morgan fingerprint density at radius 3 is 1.91 bits per heavy atom. The first-order chi connectivity index (χ1) is 31.0. The molecule has 1 aliphatic carbocycles. The second-order valence-corrected chi connectivity index (χ2v) is 15.2. The van der Waals surface area contributed by atoms with E-state index >= 15 is 0 Å². The van der Waals surface area contributed by atoms with Crippen LogP contribution in [0.4, 0.5) is 17.1 Å². The maximum atomic E-state index is 9.85. The number of rotatable bonds is 6. The zero-order valence-electron chi connectivity index (χ0n) is 38.5. The fourth-order valence-corrected chi connectivity index (χ4v) is 8.79. The van der Waals surface area contributed by atoms with Gasteiger partial charge in [-0.25, -0.2) is 0 Å². The summed E-state index contributed by atoms with van der Waals surface area (Å²) in [5, 5.41) is 2.54. The predicted octanol–water partition coefficient (Wildman–Crippen LogP) is 15.0. The lowest BCUT2D eigenvalue weighted by molar-refractivity contribution is 0.660. The summed E-state index contributed by atoms with van der Waals surface area (Å²) in [5.41, 5.74) is 10.8. The highest BCUT2D eigenvalue weighted by Crippen LogP contribution is 2.49. The molecule has 10 aromatic rings. The van der Waals surface area contributed by atoms with Crippen LogP contribution in [0, 0.1) is 0 Å². The van der Waals surface area contributed by atoms with Gasteiger partial charge in [0.2, 0.25) is 0 Å². The van der Waals surface area contributed by atoms with E-state index in [9.17, 15) is 6.85 Å². The lowest BCUT2D eigenvalue weighted by Gasteiger charge is -2.27. The van der Waals surface area contributed by atoms with Crippen LogP contribution in [-0.4, -0.2) is 4.57 Å². The highest BCUT2D eigenvalue weighted by atomic mass is 15.1. The van der Waals surface area contributed by atoms with Gasteiger partial charge >= 0.3 is 0 Å². The minimum Gasteiger partial charge on any atom is -0.310 e. The van der Waals surface area contributed by atoms with Crippen LogP contribution in [0.3, 0.4) is 0 Å². The van der Waals surface area contributed by atoms with Gasteiger partial charge in [-0.1, -0.05) is 159 Å². The first kappa shape index (κ1) is 26.6. The van der Waals surface area contributed by atoms with Crippen LogP contribution in [0.1, 0.15) is 34.6 Å². The van der Waals surface area contributed by atoms with Crippen molar-refractivity contribution in [3.05, 3.63) is 217 Å². The molecule has 11 rings (SSSR count). The zero-order chi connectivity index (χ0) is 44.2. The van der Waals surface area contributed by atoms with Crippen LogP contribution >= 0.6 is 0 Å². The molecule has 0 bridgehead atoms. The molecule has 1 aliphatic rings. The van der Waals surface area contributed by atoms with Gasteiger partial charge in [-0.05, 0) is 110 Å². The van der Waals surface area contributed by atoms with E-state index in [1.165, 1.54) is 5.56 Å². The molecule has 0 amide bonds. The molecule has 57 heavy (non-hydrogen) atoms. The van der Waals surface area contributed by atoms with E-state index in [4.69, 9.17) is 2.74 Å². The number of aromatic nitrogens is 1. The first-order valence-corrected chi connectivity index (χ1v) is 19.3. The van der Waals surface area contributed by atoms with Gasteiger partial charge in [0.1, 0.15) is 0 Å². The van der Waals surface area contributed by atoms with E-state index in [0.717, 1.165) is 55.7 Å². The normalized spacial score (nSPS) is 14.6. The number of fused-ring (bicyclic) bond motifs is 7. The third kappa shape index (κ3) is 5.33. The summed E-state index contributed by atoms with van der Waals surface area (Å²) >= 11 is 0. The van der Waals surface area contributed by atoms with Crippen molar-refractivity contribution in [2.45, 2.75) is 19.3 Å². The average molecular weight is 736 g/mol. The summed E-state index contributed by atoms with van der Waals surface area (Å²) in [6.07, 6.45) is 0. The average Bonchev–Trinajstić information content (AvgIpc) is 3.80. The number of benzene rings is 9. The summed E-state index contributed by atoms with van der Waals surface area (Å²) in [7, 11) is 0. The third-order valence-corrected chi connectivity index (χ3v) is 11.6. The van der Waals surface area contributed by atoms with Crippen molar-refractivity contribution in [1.82, 2.24) is 4.57 Å². The second-order valence-electron chi connectivity index (χ2n) is 15.2.